The minimum Gasteiger partial charge on any atom is -0.497 e. The number of amides is 1. The Morgan fingerprint density at radius 2 is 1.80 bits per heavy atom. The van der Waals surface area contributed by atoms with E-state index in [9.17, 15) is 18.3 Å². The van der Waals surface area contributed by atoms with E-state index in [1.54, 1.807) is 7.11 Å². The Hall–Kier alpha value is -2.66. The Balaban J connectivity index is 1.74. The highest BCUT2D eigenvalue weighted by Crippen LogP contribution is 2.30. The first kappa shape index (κ1) is 22.0. The van der Waals surface area contributed by atoms with Crippen LogP contribution in [0.5, 0.6) is 11.5 Å². The van der Waals surface area contributed by atoms with Crippen molar-refractivity contribution in [2.45, 2.75) is 28.8 Å². The lowest BCUT2D eigenvalue weighted by Gasteiger charge is -2.37. The third kappa shape index (κ3) is 4.41. The monoisotopic (exact) mass is 436 g/mol. The van der Waals surface area contributed by atoms with Crippen molar-refractivity contribution in [1.82, 2.24) is 10.8 Å². The van der Waals surface area contributed by atoms with Crippen molar-refractivity contribution in [2.24, 2.45) is 0 Å². The van der Waals surface area contributed by atoms with E-state index in [1.165, 1.54) is 29.7 Å². The van der Waals surface area contributed by atoms with Crippen molar-refractivity contribution in [1.29, 1.82) is 0 Å². The molecule has 1 aliphatic rings. The molecule has 2 aromatic rings. The van der Waals surface area contributed by atoms with Gasteiger partial charge in [-0.15, -0.1) is 0 Å². The van der Waals surface area contributed by atoms with E-state index >= 15 is 0 Å². The first-order chi connectivity index (χ1) is 14.3. The molecule has 2 atom stereocenters. The van der Waals surface area contributed by atoms with Crippen LogP contribution in [0, 0.1) is 0 Å². The summed E-state index contributed by atoms with van der Waals surface area (Å²) >= 11 is 0. The van der Waals surface area contributed by atoms with Gasteiger partial charge in [0.25, 0.3) is 5.91 Å². The van der Waals surface area contributed by atoms with Crippen LogP contribution in [0.3, 0.4) is 0 Å². The standard InChI is InChI=1S/C20H24N2O7S/c1-28-15-4-2-14(3-5-15)12-29-16-6-8-17(9-7-16)30(26,27)18-10-11-21-13-20(18,24)19(23)22-25/h2-9,18,21,24-25H,10-13H2,1H3,(H,22,23). The maximum atomic E-state index is 13.1. The first-order valence-corrected chi connectivity index (χ1v) is 10.8. The Morgan fingerprint density at radius 1 is 1.17 bits per heavy atom. The molecule has 0 bridgehead atoms. The van der Waals surface area contributed by atoms with Crippen molar-refractivity contribution in [3.8, 4) is 11.5 Å². The predicted molar refractivity (Wildman–Crippen MR) is 107 cm³/mol. The maximum Gasteiger partial charge on any atom is 0.277 e. The van der Waals surface area contributed by atoms with Crippen LogP contribution in [0.2, 0.25) is 0 Å². The van der Waals surface area contributed by atoms with Crippen LogP contribution < -0.4 is 20.3 Å². The zero-order chi connectivity index (χ0) is 21.8. The molecule has 1 fully saturated rings. The molecule has 1 saturated heterocycles. The number of methoxy groups -OCH3 is 1. The molecule has 0 aliphatic carbocycles. The number of carbonyl (C=O) groups is 1. The van der Waals surface area contributed by atoms with Crippen molar-refractivity contribution in [3.63, 3.8) is 0 Å². The van der Waals surface area contributed by atoms with Crippen LogP contribution in [-0.4, -0.2) is 55.7 Å². The average molecular weight is 436 g/mol. The number of hydrogen-bond donors (Lipinski definition) is 4. The molecular weight excluding hydrogens is 412 g/mol. The Kier molecular flexibility index (Phi) is 6.61. The van der Waals surface area contributed by atoms with Crippen LogP contribution in [-0.2, 0) is 21.2 Å². The van der Waals surface area contributed by atoms with E-state index < -0.39 is 26.6 Å². The van der Waals surface area contributed by atoms with Gasteiger partial charge in [-0.25, -0.2) is 13.9 Å². The van der Waals surface area contributed by atoms with Crippen LogP contribution in [0.4, 0.5) is 0 Å². The fourth-order valence-corrected chi connectivity index (χ4v) is 5.35. The van der Waals surface area contributed by atoms with Gasteiger partial charge in [-0.3, -0.25) is 10.0 Å². The molecule has 0 radical (unpaired) electrons. The smallest absolute Gasteiger partial charge is 0.277 e. The highest BCUT2D eigenvalue weighted by molar-refractivity contribution is 7.92. The largest absolute Gasteiger partial charge is 0.497 e. The lowest BCUT2D eigenvalue weighted by molar-refractivity contribution is -0.149. The number of ether oxygens (including phenoxy) is 2. The Bertz CT molecular complexity index is 977. The van der Waals surface area contributed by atoms with Gasteiger partial charge in [-0.05, 0) is 54.9 Å². The highest BCUT2D eigenvalue weighted by Gasteiger charge is 2.52. The summed E-state index contributed by atoms with van der Waals surface area (Å²) in [7, 11) is -2.46. The van der Waals surface area contributed by atoms with Gasteiger partial charge < -0.3 is 19.9 Å². The van der Waals surface area contributed by atoms with Crippen molar-refractivity contribution in [3.05, 3.63) is 54.1 Å². The minimum atomic E-state index is -4.05. The lowest BCUT2D eigenvalue weighted by Crippen LogP contribution is -2.65. The number of β-amino-alcohol motifs (C(OH)–C–C–N with tert-alkyl or cyclic N) is 1. The number of rotatable bonds is 7. The zero-order valence-corrected chi connectivity index (χ0v) is 17.2. The topological polar surface area (TPSA) is 134 Å². The first-order valence-electron chi connectivity index (χ1n) is 9.28. The fraction of sp³-hybridized carbons (Fsp3) is 0.350. The molecule has 1 aliphatic heterocycles. The number of hydrogen-bond acceptors (Lipinski definition) is 8. The number of carbonyl (C=O) groups excluding carboxylic acids is 1. The van der Waals surface area contributed by atoms with E-state index in [1.807, 2.05) is 24.3 Å². The zero-order valence-electron chi connectivity index (χ0n) is 16.4. The quantitative estimate of drug-likeness (QED) is 0.367. The molecule has 1 heterocycles. The molecule has 2 aromatic carbocycles. The van der Waals surface area contributed by atoms with Crippen molar-refractivity contribution < 1.29 is 33.0 Å². The summed E-state index contributed by atoms with van der Waals surface area (Å²) in [6, 6.07) is 13.1. The van der Waals surface area contributed by atoms with Crippen LogP contribution in [0.25, 0.3) is 0 Å². The third-order valence-electron chi connectivity index (χ3n) is 5.10. The molecule has 30 heavy (non-hydrogen) atoms. The molecule has 9 nitrogen and oxygen atoms in total. The van der Waals surface area contributed by atoms with E-state index in [4.69, 9.17) is 14.7 Å². The second-order valence-electron chi connectivity index (χ2n) is 6.97. The summed E-state index contributed by atoms with van der Waals surface area (Å²) in [4.78, 5) is 11.9. The second-order valence-corrected chi connectivity index (χ2v) is 9.10. The summed E-state index contributed by atoms with van der Waals surface area (Å²) < 4.78 is 36.9. The number of piperidine rings is 1. The Labute approximate surface area is 174 Å². The number of hydroxylamine groups is 1. The summed E-state index contributed by atoms with van der Waals surface area (Å²) in [6.07, 6.45) is 0.0158. The minimum absolute atomic E-state index is 0.0158. The summed E-state index contributed by atoms with van der Waals surface area (Å²) in [5, 5.41) is 21.0. The van der Waals surface area contributed by atoms with Gasteiger partial charge in [0.05, 0.1) is 12.0 Å². The molecule has 2 unspecified atom stereocenters. The van der Waals surface area contributed by atoms with Crippen molar-refractivity contribution >= 4 is 15.7 Å². The summed E-state index contributed by atoms with van der Waals surface area (Å²) in [5.41, 5.74) is -0.00752. The van der Waals surface area contributed by atoms with Crippen LogP contribution in [0.15, 0.2) is 53.4 Å². The van der Waals surface area contributed by atoms with Gasteiger partial charge in [0, 0.05) is 6.54 Å². The van der Waals surface area contributed by atoms with Crippen LogP contribution in [0.1, 0.15) is 12.0 Å². The van der Waals surface area contributed by atoms with Gasteiger partial charge in [-0.1, -0.05) is 12.1 Å². The molecule has 3 rings (SSSR count). The van der Waals surface area contributed by atoms with Gasteiger partial charge in [0.1, 0.15) is 23.4 Å². The summed E-state index contributed by atoms with van der Waals surface area (Å²) in [5.74, 6) is 0.0437. The highest BCUT2D eigenvalue weighted by atomic mass is 32.2. The molecule has 1 amide bonds. The normalized spacial score (nSPS) is 21.6. The van der Waals surface area contributed by atoms with E-state index in [-0.39, 0.29) is 17.9 Å². The third-order valence-corrected chi connectivity index (χ3v) is 7.40. The van der Waals surface area contributed by atoms with Gasteiger partial charge in [0.15, 0.2) is 15.4 Å². The number of benzene rings is 2. The van der Waals surface area contributed by atoms with E-state index in [2.05, 4.69) is 5.32 Å². The van der Waals surface area contributed by atoms with Gasteiger partial charge >= 0.3 is 0 Å². The average Bonchev–Trinajstić information content (AvgIpc) is 2.77. The Morgan fingerprint density at radius 3 is 2.40 bits per heavy atom. The molecule has 162 valence electrons. The van der Waals surface area contributed by atoms with E-state index in [0.29, 0.717) is 18.9 Å². The molecule has 4 N–H and O–H groups in total. The number of sulfone groups is 1. The molecule has 0 spiro atoms. The van der Waals surface area contributed by atoms with Crippen molar-refractivity contribution in [2.75, 3.05) is 20.2 Å². The van der Waals surface area contributed by atoms with Gasteiger partial charge in [-0.2, -0.15) is 0 Å². The second kappa shape index (κ2) is 9.00. The maximum absolute atomic E-state index is 13.1. The molecule has 10 heteroatoms. The molecule has 0 saturated carbocycles. The van der Waals surface area contributed by atoms with Crippen LogP contribution >= 0.6 is 0 Å². The SMILES string of the molecule is COc1ccc(COc2ccc(S(=O)(=O)C3CCNCC3(O)C(=O)NO)cc2)cc1. The molecule has 0 aromatic heterocycles. The number of aliphatic hydroxyl groups is 1. The van der Waals surface area contributed by atoms with Gasteiger partial charge in [0.2, 0.25) is 0 Å². The molecular formula is C20H24N2O7S. The summed E-state index contributed by atoms with van der Waals surface area (Å²) in [6.45, 7) is 0.321. The van der Waals surface area contributed by atoms with E-state index in [0.717, 1.165) is 11.3 Å². The fourth-order valence-electron chi connectivity index (χ4n) is 3.38. The lowest BCUT2D eigenvalue weighted by atomic mass is 9.93. The number of nitrogens with one attached hydrogen (secondary N) is 2. The predicted octanol–water partition coefficient (Wildman–Crippen LogP) is 0.646.